The van der Waals surface area contributed by atoms with Gasteiger partial charge in [0.1, 0.15) is 0 Å². The third-order valence-corrected chi connectivity index (χ3v) is 5.29. The number of aliphatic carboxylic acids is 1. The second kappa shape index (κ2) is 13.9. The maximum Gasteiger partial charge on any atom is 0.490 e. The molecular formula is C28H29F3N4O3. The number of nitriles is 1. The van der Waals surface area contributed by atoms with Gasteiger partial charge in [-0.05, 0) is 68.2 Å². The van der Waals surface area contributed by atoms with Crippen LogP contribution in [0, 0.1) is 11.3 Å². The Labute approximate surface area is 219 Å². The number of carbonyl (C=O) groups is 2. The summed E-state index contributed by atoms with van der Waals surface area (Å²) in [5.41, 5.74) is 5.06. The number of carbonyl (C=O) groups excluding carboxylic acids is 1. The number of carboxylic acids is 1. The van der Waals surface area contributed by atoms with Crippen molar-refractivity contribution in [3.63, 3.8) is 0 Å². The number of benzene rings is 3. The monoisotopic (exact) mass is 526 g/mol. The highest BCUT2D eigenvalue weighted by Crippen LogP contribution is 2.24. The SMILES string of the molecule is CN(C)CCN(C)Cc1ccc(-c2cccc(NC(=O)c3cccc(C#N)c3)c2)cc1.O=C(O)C(F)(F)F. The molecule has 0 aliphatic heterocycles. The van der Waals surface area contributed by atoms with E-state index in [9.17, 15) is 18.0 Å². The number of nitrogens with zero attached hydrogens (tertiary/aromatic N) is 3. The van der Waals surface area contributed by atoms with Crippen molar-refractivity contribution < 1.29 is 27.9 Å². The van der Waals surface area contributed by atoms with Gasteiger partial charge in [0.05, 0.1) is 11.6 Å². The van der Waals surface area contributed by atoms with Gasteiger partial charge in [-0.1, -0.05) is 42.5 Å². The molecule has 0 saturated carbocycles. The van der Waals surface area contributed by atoms with E-state index >= 15 is 0 Å². The summed E-state index contributed by atoms with van der Waals surface area (Å²) < 4.78 is 31.7. The molecule has 0 aromatic heterocycles. The number of hydrogen-bond acceptors (Lipinski definition) is 5. The summed E-state index contributed by atoms with van der Waals surface area (Å²) in [5.74, 6) is -2.99. The smallest absolute Gasteiger partial charge is 0.475 e. The molecule has 0 saturated heterocycles. The Bertz CT molecular complexity index is 1270. The number of halogens is 3. The first-order valence-corrected chi connectivity index (χ1v) is 11.5. The van der Waals surface area contributed by atoms with Gasteiger partial charge < -0.3 is 20.2 Å². The molecule has 7 nitrogen and oxygen atoms in total. The van der Waals surface area contributed by atoms with Crippen molar-refractivity contribution in [1.29, 1.82) is 5.26 Å². The zero-order chi connectivity index (χ0) is 28.3. The summed E-state index contributed by atoms with van der Waals surface area (Å²) in [4.78, 5) is 25.9. The second-order valence-corrected chi connectivity index (χ2v) is 8.77. The Morgan fingerprint density at radius 3 is 2.13 bits per heavy atom. The third-order valence-electron chi connectivity index (χ3n) is 5.29. The molecule has 200 valence electrons. The van der Waals surface area contributed by atoms with Crippen LogP contribution in [-0.4, -0.2) is 67.2 Å². The molecule has 0 heterocycles. The van der Waals surface area contributed by atoms with E-state index in [1.807, 2.05) is 24.3 Å². The van der Waals surface area contributed by atoms with Crippen molar-refractivity contribution >= 4 is 17.6 Å². The predicted molar refractivity (Wildman–Crippen MR) is 140 cm³/mol. The van der Waals surface area contributed by atoms with Crippen molar-refractivity contribution in [3.05, 3.63) is 89.5 Å². The molecule has 0 atom stereocenters. The van der Waals surface area contributed by atoms with Crippen LogP contribution in [0.15, 0.2) is 72.8 Å². The lowest BCUT2D eigenvalue weighted by atomic mass is 10.0. The van der Waals surface area contributed by atoms with E-state index in [1.165, 1.54) is 5.56 Å². The van der Waals surface area contributed by atoms with E-state index in [0.717, 1.165) is 36.4 Å². The molecule has 0 spiro atoms. The third kappa shape index (κ3) is 10.0. The molecular weight excluding hydrogens is 497 g/mol. The molecule has 2 N–H and O–H groups in total. The predicted octanol–water partition coefficient (Wildman–Crippen LogP) is 5.10. The molecule has 0 bridgehead atoms. The number of carboxylic acid groups (broad SMARTS) is 1. The van der Waals surface area contributed by atoms with E-state index in [1.54, 1.807) is 24.3 Å². The van der Waals surface area contributed by atoms with Gasteiger partial charge in [0.2, 0.25) is 0 Å². The first-order valence-electron chi connectivity index (χ1n) is 11.5. The topological polar surface area (TPSA) is 96.7 Å². The number of nitrogens with one attached hydrogen (secondary N) is 1. The fraction of sp³-hybridized carbons (Fsp3) is 0.250. The Morgan fingerprint density at radius 2 is 1.55 bits per heavy atom. The van der Waals surface area contributed by atoms with E-state index < -0.39 is 12.1 Å². The second-order valence-electron chi connectivity index (χ2n) is 8.77. The van der Waals surface area contributed by atoms with E-state index in [2.05, 4.69) is 66.6 Å². The number of alkyl halides is 3. The molecule has 38 heavy (non-hydrogen) atoms. The molecule has 0 aliphatic carbocycles. The van der Waals surface area contributed by atoms with Crippen LogP contribution in [0.25, 0.3) is 11.1 Å². The van der Waals surface area contributed by atoms with Crippen LogP contribution in [0.2, 0.25) is 0 Å². The molecule has 10 heteroatoms. The van der Waals surface area contributed by atoms with Crippen molar-refractivity contribution in [2.75, 3.05) is 39.5 Å². The van der Waals surface area contributed by atoms with E-state index in [0.29, 0.717) is 11.1 Å². The lowest BCUT2D eigenvalue weighted by Crippen LogP contribution is -2.28. The number of likely N-dealkylation sites (N-methyl/N-ethyl adjacent to an activating group) is 2. The van der Waals surface area contributed by atoms with Gasteiger partial charge in [0, 0.05) is 30.9 Å². The fourth-order valence-corrected chi connectivity index (χ4v) is 3.27. The van der Waals surface area contributed by atoms with Crippen LogP contribution >= 0.6 is 0 Å². The Hall–Kier alpha value is -4.20. The normalized spacial score (nSPS) is 10.9. The van der Waals surface area contributed by atoms with Gasteiger partial charge in [-0.3, -0.25) is 4.79 Å². The van der Waals surface area contributed by atoms with Gasteiger partial charge >= 0.3 is 12.1 Å². The maximum atomic E-state index is 12.5. The molecule has 3 aromatic carbocycles. The van der Waals surface area contributed by atoms with E-state index in [4.69, 9.17) is 15.2 Å². The van der Waals surface area contributed by atoms with Crippen molar-refractivity contribution in [2.45, 2.75) is 12.7 Å². The van der Waals surface area contributed by atoms with Crippen LogP contribution in [0.4, 0.5) is 18.9 Å². The quantitative estimate of drug-likeness (QED) is 0.424. The highest BCUT2D eigenvalue weighted by atomic mass is 19.4. The van der Waals surface area contributed by atoms with Gasteiger partial charge in [0.15, 0.2) is 0 Å². The lowest BCUT2D eigenvalue weighted by molar-refractivity contribution is -0.192. The molecule has 3 aromatic rings. The summed E-state index contributed by atoms with van der Waals surface area (Å²) in [5, 5.41) is 19.1. The summed E-state index contributed by atoms with van der Waals surface area (Å²) >= 11 is 0. The summed E-state index contributed by atoms with van der Waals surface area (Å²) in [6.07, 6.45) is -5.08. The average molecular weight is 527 g/mol. The maximum absolute atomic E-state index is 12.5. The summed E-state index contributed by atoms with van der Waals surface area (Å²) in [7, 11) is 6.31. The molecule has 3 rings (SSSR count). The van der Waals surface area contributed by atoms with Crippen LogP contribution in [-0.2, 0) is 11.3 Å². The zero-order valence-electron chi connectivity index (χ0n) is 21.3. The van der Waals surface area contributed by atoms with Gasteiger partial charge in [-0.15, -0.1) is 0 Å². The minimum Gasteiger partial charge on any atom is -0.475 e. The van der Waals surface area contributed by atoms with Gasteiger partial charge in [-0.2, -0.15) is 18.4 Å². The largest absolute Gasteiger partial charge is 0.490 e. The Balaban J connectivity index is 0.000000638. The number of hydrogen-bond donors (Lipinski definition) is 2. The lowest BCUT2D eigenvalue weighted by Gasteiger charge is -2.19. The van der Waals surface area contributed by atoms with Gasteiger partial charge in [-0.25, -0.2) is 4.79 Å². The van der Waals surface area contributed by atoms with Crippen molar-refractivity contribution in [1.82, 2.24) is 9.80 Å². The van der Waals surface area contributed by atoms with Gasteiger partial charge in [0.25, 0.3) is 5.91 Å². The van der Waals surface area contributed by atoms with Crippen LogP contribution in [0.5, 0.6) is 0 Å². The highest BCUT2D eigenvalue weighted by Gasteiger charge is 2.38. The molecule has 0 aliphatic rings. The number of amides is 1. The fourth-order valence-electron chi connectivity index (χ4n) is 3.27. The average Bonchev–Trinajstić information content (AvgIpc) is 2.88. The molecule has 0 unspecified atom stereocenters. The van der Waals surface area contributed by atoms with E-state index in [-0.39, 0.29) is 5.91 Å². The molecule has 0 radical (unpaired) electrons. The summed E-state index contributed by atoms with van der Waals surface area (Å²) in [6.45, 7) is 2.97. The summed E-state index contributed by atoms with van der Waals surface area (Å²) in [6, 6.07) is 25.1. The molecule has 0 fully saturated rings. The number of anilines is 1. The molecule has 1 amide bonds. The van der Waals surface area contributed by atoms with Crippen molar-refractivity contribution in [2.24, 2.45) is 0 Å². The minimum absolute atomic E-state index is 0.231. The van der Waals surface area contributed by atoms with Crippen LogP contribution in [0.1, 0.15) is 21.5 Å². The first kappa shape index (κ1) is 30.0. The zero-order valence-corrected chi connectivity index (χ0v) is 21.3. The Kier molecular flexibility index (Phi) is 11.0. The first-order chi connectivity index (χ1) is 17.9. The minimum atomic E-state index is -5.08. The number of rotatable bonds is 8. The van der Waals surface area contributed by atoms with Crippen molar-refractivity contribution in [3.8, 4) is 17.2 Å². The highest BCUT2D eigenvalue weighted by molar-refractivity contribution is 6.04. The Morgan fingerprint density at radius 1 is 0.921 bits per heavy atom. The van der Waals surface area contributed by atoms with Crippen LogP contribution < -0.4 is 5.32 Å². The standard InChI is InChI=1S/C26H28N4O.C2HF3O2/c1-29(2)14-15-30(3)19-20-10-12-22(13-11-20)23-7-5-9-25(17-23)28-26(31)24-8-4-6-21(16-24)18-27;3-2(4,5)1(6)7/h4-13,16-17H,14-15,19H2,1-3H3,(H,28,31);(H,6,7). The van der Waals surface area contributed by atoms with Crippen LogP contribution in [0.3, 0.4) is 0 Å².